The maximum absolute atomic E-state index is 11.5. The lowest BCUT2D eigenvalue weighted by Gasteiger charge is -2.27. The van der Waals surface area contributed by atoms with Crippen LogP contribution in [0.5, 0.6) is 0 Å². The van der Waals surface area contributed by atoms with Crippen molar-refractivity contribution >= 4 is 11.8 Å². The number of ether oxygens (including phenoxy) is 1. The highest BCUT2D eigenvalue weighted by Gasteiger charge is 2.27. The van der Waals surface area contributed by atoms with E-state index in [0.29, 0.717) is 18.1 Å². The second-order valence-corrected chi connectivity index (χ2v) is 5.70. The van der Waals surface area contributed by atoms with E-state index in [0.717, 1.165) is 25.7 Å². The molecule has 0 spiro atoms. The maximum Gasteiger partial charge on any atom is 0.376 e. The van der Waals surface area contributed by atoms with Crippen LogP contribution >= 0.6 is 0 Å². The van der Waals surface area contributed by atoms with Gasteiger partial charge in [-0.05, 0) is 19.8 Å². The lowest BCUT2D eigenvalue weighted by atomic mass is 9.94. The first-order chi connectivity index (χ1) is 10.0. The number of esters is 1. The molecule has 1 aromatic rings. The second-order valence-electron chi connectivity index (χ2n) is 5.70. The first-order valence-electron chi connectivity index (χ1n) is 7.43. The van der Waals surface area contributed by atoms with Crippen LogP contribution < -0.4 is 5.32 Å². The number of hydrogen-bond donors (Lipinski definition) is 2. The lowest BCUT2D eigenvalue weighted by molar-refractivity contribution is 0.0380. The summed E-state index contributed by atoms with van der Waals surface area (Å²) in [7, 11) is 1.30. The standard InChI is InChI=1S/C15H23N3O3/c1-11-9-12(18-13(17-11)14(19)21-2)16-10-15(20)7-5-3-4-6-8-15/h9,20H,3-8,10H2,1-2H3,(H,16,17,18). The van der Waals surface area contributed by atoms with Gasteiger partial charge in [-0.25, -0.2) is 14.8 Å². The topological polar surface area (TPSA) is 84.3 Å². The van der Waals surface area contributed by atoms with E-state index >= 15 is 0 Å². The zero-order valence-electron chi connectivity index (χ0n) is 12.7. The smallest absolute Gasteiger partial charge is 0.376 e. The number of aromatic nitrogens is 2. The molecule has 0 unspecified atom stereocenters. The molecule has 0 aliphatic heterocycles. The van der Waals surface area contributed by atoms with Gasteiger partial charge in [0.25, 0.3) is 0 Å². The first-order valence-corrected chi connectivity index (χ1v) is 7.43. The number of aryl methyl sites for hydroxylation is 1. The first kappa shape index (κ1) is 15.7. The molecular weight excluding hydrogens is 270 g/mol. The third kappa shape index (κ3) is 4.39. The average Bonchev–Trinajstić information content (AvgIpc) is 2.69. The van der Waals surface area contributed by atoms with E-state index in [2.05, 4.69) is 20.0 Å². The fraction of sp³-hybridized carbons (Fsp3) is 0.667. The van der Waals surface area contributed by atoms with Crippen LogP contribution in [-0.2, 0) is 4.74 Å². The Kier molecular flexibility index (Phi) is 5.12. The molecule has 21 heavy (non-hydrogen) atoms. The van der Waals surface area contributed by atoms with E-state index in [4.69, 9.17) is 0 Å². The van der Waals surface area contributed by atoms with Crippen molar-refractivity contribution in [3.05, 3.63) is 17.6 Å². The molecule has 0 bridgehead atoms. The molecule has 0 radical (unpaired) electrons. The van der Waals surface area contributed by atoms with Crippen LogP contribution in [0.15, 0.2) is 6.07 Å². The third-order valence-electron chi connectivity index (χ3n) is 3.86. The number of aliphatic hydroxyl groups is 1. The molecule has 0 aromatic carbocycles. The van der Waals surface area contributed by atoms with Crippen LogP contribution in [0.4, 0.5) is 5.82 Å². The van der Waals surface area contributed by atoms with Crippen LogP contribution in [0.25, 0.3) is 0 Å². The zero-order valence-corrected chi connectivity index (χ0v) is 12.7. The molecule has 1 aromatic heterocycles. The van der Waals surface area contributed by atoms with Crippen molar-refractivity contribution in [2.45, 2.75) is 51.0 Å². The Labute approximate surface area is 124 Å². The van der Waals surface area contributed by atoms with E-state index in [1.165, 1.54) is 20.0 Å². The molecule has 0 saturated heterocycles. The van der Waals surface area contributed by atoms with Gasteiger partial charge in [-0.3, -0.25) is 0 Å². The van der Waals surface area contributed by atoms with Gasteiger partial charge in [-0.1, -0.05) is 25.7 Å². The number of methoxy groups -OCH3 is 1. The Morgan fingerprint density at radius 2 is 2.00 bits per heavy atom. The number of anilines is 1. The molecule has 6 nitrogen and oxygen atoms in total. The zero-order chi connectivity index (χ0) is 15.3. The minimum atomic E-state index is -0.694. The number of carbonyl (C=O) groups is 1. The fourth-order valence-corrected chi connectivity index (χ4v) is 2.66. The van der Waals surface area contributed by atoms with Gasteiger partial charge in [0.1, 0.15) is 5.82 Å². The Morgan fingerprint density at radius 3 is 2.62 bits per heavy atom. The molecule has 0 amide bonds. The van der Waals surface area contributed by atoms with E-state index in [1.54, 1.807) is 13.0 Å². The molecule has 2 rings (SSSR count). The molecule has 1 heterocycles. The lowest BCUT2D eigenvalue weighted by Crippen LogP contribution is -2.36. The quantitative estimate of drug-likeness (QED) is 0.653. The minimum Gasteiger partial charge on any atom is -0.463 e. The van der Waals surface area contributed by atoms with Gasteiger partial charge in [0.2, 0.25) is 5.82 Å². The summed E-state index contributed by atoms with van der Waals surface area (Å²) in [5.74, 6) is 0.0170. The summed E-state index contributed by atoms with van der Waals surface area (Å²) < 4.78 is 4.64. The maximum atomic E-state index is 11.5. The highest BCUT2D eigenvalue weighted by atomic mass is 16.5. The van der Waals surface area contributed by atoms with Gasteiger partial charge in [-0.15, -0.1) is 0 Å². The van der Waals surface area contributed by atoms with Crippen molar-refractivity contribution in [2.75, 3.05) is 19.0 Å². The number of nitrogens with one attached hydrogen (secondary N) is 1. The summed E-state index contributed by atoms with van der Waals surface area (Å²) >= 11 is 0. The summed E-state index contributed by atoms with van der Waals surface area (Å²) in [5.41, 5.74) is -0.0124. The molecule has 6 heteroatoms. The normalized spacial score (nSPS) is 17.9. The molecule has 1 fully saturated rings. The van der Waals surface area contributed by atoms with E-state index in [9.17, 15) is 9.90 Å². The van der Waals surface area contributed by atoms with Gasteiger partial charge in [0.15, 0.2) is 0 Å². The molecule has 1 aliphatic rings. The molecule has 116 valence electrons. The van der Waals surface area contributed by atoms with Crippen LogP contribution in [0.1, 0.15) is 54.8 Å². The number of rotatable bonds is 4. The number of carbonyl (C=O) groups excluding carboxylic acids is 1. The highest BCUT2D eigenvalue weighted by molar-refractivity contribution is 5.85. The molecule has 0 atom stereocenters. The summed E-state index contributed by atoms with van der Waals surface area (Å²) in [5, 5.41) is 13.7. The summed E-state index contributed by atoms with van der Waals surface area (Å²) in [6.45, 7) is 2.23. The molecule has 2 N–H and O–H groups in total. The van der Waals surface area contributed by atoms with Crippen LogP contribution in [0.2, 0.25) is 0 Å². The predicted octanol–water partition coefficient (Wildman–Crippen LogP) is 2.07. The van der Waals surface area contributed by atoms with Crippen molar-refractivity contribution in [1.82, 2.24) is 9.97 Å². The third-order valence-corrected chi connectivity index (χ3v) is 3.86. The van der Waals surface area contributed by atoms with Gasteiger partial charge in [0.05, 0.1) is 12.7 Å². The number of hydrogen-bond acceptors (Lipinski definition) is 6. The molecular formula is C15H23N3O3. The van der Waals surface area contributed by atoms with Crippen molar-refractivity contribution in [1.29, 1.82) is 0 Å². The predicted molar refractivity (Wildman–Crippen MR) is 79.3 cm³/mol. The fourth-order valence-electron chi connectivity index (χ4n) is 2.66. The number of nitrogens with zero attached hydrogens (tertiary/aromatic N) is 2. The Balaban J connectivity index is 2.05. The van der Waals surface area contributed by atoms with Crippen molar-refractivity contribution in [2.24, 2.45) is 0 Å². The van der Waals surface area contributed by atoms with Gasteiger partial charge in [0, 0.05) is 18.3 Å². The summed E-state index contributed by atoms with van der Waals surface area (Å²) in [4.78, 5) is 19.7. The van der Waals surface area contributed by atoms with E-state index in [1.807, 2.05) is 0 Å². The van der Waals surface area contributed by atoms with Crippen molar-refractivity contribution < 1.29 is 14.6 Å². The van der Waals surface area contributed by atoms with Gasteiger partial charge < -0.3 is 15.2 Å². The SMILES string of the molecule is COC(=O)c1nc(C)cc(NCC2(O)CCCCCC2)n1. The van der Waals surface area contributed by atoms with Gasteiger partial charge >= 0.3 is 5.97 Å². The Hall–Kier alpha value is -1.69. The highest BCUT2D eigenvalue weighted by Crippen LogP contribution is 2.27. The van der Waals surface area contributed by atoms with Crippen LogP contribution in [-0.4, -0.2) is 40.3 Å². The molecule has 1 saturated carbocycles. The van der Waals surface area contributed by atoms with Crippen LogP contribution in [0.3, 0.4) is 0 Å². The average molecular weight is 293 g/mol. The van der Waals surface area contributed by atoms with Crippen LogP contribution in [0, 0.1) is 6.92 Å². The van der Waals surface area contributed by atoms with Gasteiger partial charge in [-0.2, -0.15) is 0 Å². The van der Waals surface area contributed by atoms with E-state index < -0.39 is 11.6 Å². The second kappa shape index (κ2) is 6.85. The molecule has 1 aliphatic carbocycles. The monoisotopic (exact) mass is 293 g/mol. The van der Waals surface area contributed by atoms with E-state index in [-0.39, 0.29) is 5.82 Å². The van der Waals surface area contributed by atoms with Crippen molar-refractivity contribution in [3.63, 3.8) is 0 Å². The summed E-state index contributed by atoms with van der Waals surface area (Å²) in [6.07, 6.45) is 6.06. The Bertz CT molecular complexity index is 497. The van der Waals surface area contributed by atoms with Crippen molar-refractivity contribution in [3.8, 4) is 0 Å². The summed E-state index contributed by atoms with van der Waals surface area (Å²) in [6, 6.07) is 1.76. The minimum absolute atomic E-state index is 0.0351. The largest absolute Gasteiger partial charge is 0.463 e. The Morgan fingerprint density at radius 1 is 1.33 bits per heavy atom.